The monoisotopic (exact) mass is 400 g/mol. The normalized spacial score (nSPS) is 16.5. The van der Waals surface area contributed by atoms with Crippen molar-refractivity contribution in [2.75, 3.05) is 38.2 Å². The van der Waals surface area contributed by atoms with Gasteiger partial charge in [-0.1, -0.05) is 42.5 Å². The van der Waals surface area contributed by atoms with Crippen molar-refractivity contribution in [3.63, 3.8) is 0 Å². The Bertz CT molecular complexity index is 1010. The highest BCUT2D eigenvalue weighted by atomic mass is 16.5. The SMILES string of the molecule is COc1cccc(CN2CCN(c3nc(-c4ccccc4)nc4c3CCC4)CC2)c1. The number of nitrogens with zero attached hydrogens (tertiary/aromatic N) is 4. The van der Waals surface area contributed by atoms with Crippen LogP contribution in [0.3, 0.4) is 0 Å². The van der Waals surface area contributed by atoms with E-state index in [1.165, 1.54) is 23.2 Å². The van der Waals surface area contributed by atoms with Gasteiger partial charge in [0.15, 0.2) is 5.82 Å². The van der Waals surface area contributed by atoms with E-state index in [9.17, 15) is 0 Å². The van der Waals surface area contributed by atoms with E-state index in [2.05, 4.69) is 52.3 Å². The van der Waals surface area contributed by atoms with Crippen molar-refractivity contribution < 1.29 is 4.74 Å². The molecule has 1 aliphatic heterocycles. The summed E-state index contributed by atoms with van der Waals surface area (Å²) in [4.78, 5) is 14.9. The summed E-state index contributed by atoms with van der Waals surface area (Å²) < 4.78 is 5.37. The second-order valence-electron chi connectivity index (χ2n) is 8.13. The number of anilines is 1. The Morgan fingerprint density at radius 1 is 0.900 bits per heavy atom. The molecule has 0 amide bonds. The van der Waals surface area contributed by atoms with Gasteiger partial charge >= 0.3 is 0 Å². The highest BCUT2D eigenvalue weighted by Crippen LogP contribution is 2.32. The Hall–Kier alpha value is -2.92. The average molecular weight is 401 g/mol. The molecule has 5 heteroatoms. The Kier molecular flexibility index (Phi) is 5.37. The molecule has 154 valence electrons. The number of aromatic nitrogens is 2. The minimum absolute atomic E-state index is 0.866. The lowest BCUT2D eigenvalue weighted by molar-refractivity contribution is 0.249. The van der Waals surface area contributed by atoms with Gasteiger partial charge in [-0.3, -0.25) is 4.90 Å². The summed E-state index contributed by atoms with van der Waals surface area (Å²) in [7, 11) is 1.72. The van der Waals surface area contributed by atoms with Crippen molar-refractivity contribution >= 4 is 5.82 Å². The lowest BCUT2D eigenvalue weighted by atomic mass is 10.1. The molecule has 3 aromatic rings. The fraction of sp³-hybridized carbons (Fsp3) is 0.360. The third-order valence-electron chi connectivity index (χ3n) is 6.16. The molecule has 1 fully saturated rings. The lowest BCUT2D eigenvalue weighted by Gasteiger charge is -2.36. The van der Waals surface area contributed by atoms with Crippen molar-refractivity contribution in [2.45, 2.75) is 25.8 Å². The molecule has 5 nitrogen and oxygen atoms in total. The van der Waals surface area contributed by atoms with Gasteiger partial charge in [0.05, 0.1) is 7.11 Å². The second-order valence-corrected chi connectivity index (χ2v) is 8.13. The maximum Gasteiger partial charge on any atom is 0.161 e. The molecular weight excluding hydrogens is 372 g/mol. The van der Waals surface area contributed by atoms with Crippen LogP contribution in [0, 0.1) is 0 Å². The predicted octanol–water partition coefficient (Wildman–Crippen LogP) is 3.96. The number of rotatable bonds is 5. The van der Waals surface area contributed by atoms with E-state index in [1.807, 2.05) is 12.1 Å². The standard InChI is InChI=1S/C25H28N4O/c1-30-21-10-5-7-19(17-21)18-28-13-15-29(16-14-28)25-22-11-6-12-23(22)26-24(27-25)20-8-3-2-4-9-20/h2-5,7-10,17H,6,11-16,18H2,1H3. The van der Waals surface area contributed by atoms with Crippen LogP contribution in [0.15, 0.2) is 54.6 Å². The first kappa shape index (κ1) is 19.1. The number of hydrogen-bond acceptors (Lipinski definition) is 5. The quantitative estimate of drug-likeness (QED) is 0.648. The molecule has 1 aliphatic carbocycles. The van der Waals surface area contributed by atoms with E-state index in [0.29, 0.717) is 0 Å². The fourth-order valence-electron chi connectivity index (χ4n) is 4.54. The van der Waals surface area contributed by atoms with Crippen LogP contribution >= 0.6 is 0 Å². The van der Waals surface area contributed by atoms with Crippen molar-refractivity contribution in [2.24, 2.45) is 0 Å². The lowest BCUT2D eigenvalue weighted by Crippen LogP contribution is -2.46. The molecule has 0 bridgehead atoms. The maximum atomic E-state index is 5.37. The van der Waals surface area contributed by atoms with Gasteiger partial charge < -0.3 is 9.64 Å². The molecule has 1 aromatic heterocycles. The van der Waals surface area contributed by atoms with Crippen LogP contribution in [-0.2, 0) is 19.4 Å². The molecular formula is C25H28N4O. The van der Waals surface area contributed by atoms with Crippen molar-refractivity contribution in [1.82, 2.24) is 14.9 Å². The van der Waals surface area contributed by atoms with Crippen LogP contribution in [0.2, 0.25) is 0 Å². The molecule has 0 saturated carbocycles. The molecule has 1 saturated heterocycles. The van der Waals surface area contributed by atoms with E-state index in [0.717, 1.165) is 68.5 Å². The number of piperazine rings is 1. The van der Waals surface area contributed by atoms with Gasteiger partial charge in [0.25, 0.3) is 0 Å². The minimum atomic E-state index is 0.866. The zero-order valence-electron chi connectivity index (χ0n) is 17.6. The molecule has 30 heavy (non-hydrogen) atoms. The van der Waals surface area contributed by atoms with Crippen LogP contribution < -0.4 is 9.64 Å². The number of benzene rings is 2. The third-order valence-corrected chi connectivity index (χ3v) is 6.16. The van der Waals surface area contributed by atoms with Gasteiger partial charge in [-0.15, -0.1) is 0 Å². The first-order valence-corrected chi connectivity index (χ1v) is 10.9. The third kappa shape index (κ3) is 3.90. The summed E-state index contributed by atoms with van der Waals surface area (Å²) in [5.74, 6) is 2.96. The van der Waals surface area contributed by atoms with Crippen molar-refractivity contribution in [3.05, 3.63) is 71.4 Å². The Balaban J connectivity index is 1.33. The highest BCUT2D eigenvalue weighted by molar-refractivity contribution is 5.61. The van der Waals surface area contributed by atoms with Gasteiger partial charge in [-0.2, -0.15) is 0 Å². The van der Waals surface area contributed by atoms with Crippen LogP contribution in [0.25, 0.3) is 11.4 Å². The molecule has 5 rings (SSSR count). The zero-order valence-corrected chi connectivity index (χ0v) is 17.6. The van der Waals surface area contributed by atoms with Gasteiger partial charge in [0, 0.05) is 49.5 Å². The summed E-state index contributed by atoms with van der Waals surface area (Å²) in [6, 6.07) is 18.7. The fourth-order valence-corrected chi connectivity index (χ4v) is 4.54. The van der Waals surface area contributed by atoms with Gasteiger partial charge in [-0.05, 0) is 37.0 Å². The molecule has 2 aromatic carbocycles. The van der Waals surface area contributed by atoms with Crippen LogP contribution in [-0.4, -0.2) is 48.2 Å². The van der Waals surface area contributed by atoms with E-state index in [4.69, 9.17) is 14.7 Å². The largest absolute Gasteiger partial charge is 0.497 e. The zero-order chi connectivity index (χ0) is 20.3. The van der Waals surface area contributed by atoms with Gasteiger partial charge in [-0.25, -0.2) is 9.97 Å². The average Bonchev–Trinajstić information content (AvgIpc) is 3.28. The number of fused-ring (bicyclic) bond motifs is 1. The summed E-state index contributed by atoms with van der Waals surface area (Å²) in [6.45, 7) is 5.04. The van der Waals surface area contributed by atoms with Crippen LogP contribution in [0.1, 0.15) is 23.2 Å². The molecule has 0 radical (unpaired) electrons. The molecule has 0 N–H and O–H groups in total. The molecule has 2 aliphatic rings. The first-order chi connectivity index (χ1) is 14.8. The predicted molar refractivity (Wildman–Crippen MR) is 120 cm³/mol. The number of ether oxygens (including phenoxy) is 1. The van der Waals surface area contributed by atoms with Crippen LogP contribution in [0.5, 0.6) is 5.75 Å². The van der Waals surface area contributed by atoms with Crippen molar-refractivity contribution in [3.8, 4) is 17.1 Å². The smallest absolute Gasteiger partial charge is 0.161 e. The maximum absolute atomic E-state index is 5.37. The Labute approximate surface area is 178 Å². The topological polar surface area (TPSA) is 41.5 Å². The molecule has 2 heterocycles. The first-order valence-electron chi connectivity index (χ1n) is 10.9. The number of methoxy groups -OCH3 is 1. The summed E-state index contributed by atoms with van der Waals surface area (Å²) >= 11 is 0. The van der Waals surface area contributed by atoms with Crippen LogP contribution in [0.4, 0.5) is 5.82 Å². The van der Waals surface area contributed by atoms with E-state index in [-0.39, 0.29) is 0 Å². The summed E-state index contributed by atoms with van der Waals surface area (Å²) in [6.07, 6.45) is 3.36. The summed E-state index contributed by atoms with van der Waals surface area (Å²) in [5, 5.41) is 0. The molecule has 0 spiro atoms. The van der Waals surface area contributed by atoms with Gasteiger partial charge in [0.1, 0.15) is 11.6 Å². The second kappa shape index (κ2) is 8.44. The van der Waals surface area contributed by atoms with E-state index >= 15 is 0 Å². The number of hydrogen-bond donors (Lipinski definition) is 0. The highest BCUT2D eigenvalue weighted by Gasteiger charge is 2.26. The van der Waals surface area contributed by atoms with E-state index < -0.39 is 0 Å². The Morgan fingerprint density at radius 2 is 1.73 bits per heavy atom. The Morgan fingerprint density at radius 3 is 2.53 bits per heavy atom. The van der Waals surface area contributed by atoms with E-state index in [1.54, 1.807) is 7.11 Å². The molecule has 0 unspecified atom stereocenters. The minimum Gasteiger partial charge on any atom is -0.497 e. The summed E-state index contributed by atoms with van der Waals surface area (Å²) in [5.41, 5.74) is 5.02. The number of aryl methyl sites for hydroxylation is 1. The van der Waals surface area contributed by atoms with Gasteiger partial charge in [0.2, 0.25) is 0 Å². The van der Waals surface area contributed by atoms with Crippen molar-refractivity contribution in [1.29, 1.82) is 0 Å². The molecule has 0 atom stereocenters.